The average molecular weight is 444 g/mol. The van der Waals surface area contributed by atoms with Crippen LogP contribution in [0, 0.1) is 25.1 Å². The Kier molecular flexibility index (Phi) is 4.82. The Morgan fingerprint density at radius 2 is 1.94 bits per heavy atom. The van der Waals surface area contributed by atoms with Crippen LogP contribution in [0.5, 0.6) is 0 Å². The van der Waals surface area contributed by atoms with Crippen molar-refractivity contribution in [3.63, 3.8) is 0 Å². The van der Waals surface area contributed by atoms with Crippen LogP contribution in [0.25, 0.3) is 11.8 Å². The molecule has 9 heteroatoms. The van der Waals surface area contributed by atoms with Gasteiger partial charge in [0.2, 0.25) is 5.17 Å². The number of carbonyl (C=O) groups is 1. The molecule has 7 nitrogen and oxygen atoms in total. The van der Waals surface area contributed by atoms with Crippen LogP contribution in [0.2, 0.25) is 0 Å². The maximum Gasteiger partial charge on any atom is 0.283 e. The largest absolute Gasteiger partial charge is 0.318 e. The highest BCUT2D eigenvalue weighted by atomic mass is 32.2. The van der Waals surface area contributed by atoms with Crippen molar-refractivity contribution in [1.29, 1.82) is 5.41 Å². The number of aryl methyl sites for hydroxylation is 1. The van der Waals surface area contributed by atoms with Crippen molar-refractivity contribution in [2.75, 3.05) is 0 Å². The molecule has 4 heterocycles. The predicted octanol–water partition coefficient (Wildman–Crippen LogP) is 4.30. The molecule has 1 N–H and O–H groups in total. The van der Waals surface area contributed by atoms with Gasteiger partial charge < -0.3 is 4.57 Å². The Labute approximate surface area is 187 Å². The maximum atomic E-state index is 13.3. The number of carbonyl (C=O) groups excluding carboxylic acids is 1. The lowest BCUT2D eigenvalue weighted by Gasteiger charge is -2.20. The van der Waals surface area contributed by atoms with Crippen molar-refractivity contribution in [3.05, 3.63) is 88.8 Å². The third-order valence-electron chi connectivity index (χ3n) is 5.22. The van der Waals surface area contributed by atoms with Gasteiger partial charge in [-0.3, -0.25) is 15.2 Å². The molecule has 0 saturated heterocycles. The van der Waals surface area contributed by atoms with Gasteiger partial charge in [0.15, 0.2) is 5.84 Å². The maximum absolute atomic E-state index is 13.3. The standard InChI is InChI=1S/C23H17FN6OS/c1-13-10-16(14(2)29(13)18-7-5-17(24)6-8-18)11-19-20(25)30-23(27-21(19)31)32-22(28-30)15-4-3-9-26-12-15/h3-12,25H,1-2H3/b19-11+,25-20?. The first kappa shape index (κ1) is 20.1. The van der Waals surface area contributed by atoms with E-state index < -0.39 is 5.91 Å². The second-order valence-corrected chi connectivity index (χ2v) is 8.26. The van der Waals surface area contributed by atoms with Crippen molar-refractivity contribution in [3.8, 4) is 5.69 Å². The lowest BCUT2D eigenvalue weighted by atomic mass is 10.1. The number of thioether (sulfide) groups is 1. The number of aromatic nitrogens is 2. The minimum Gasteiger partial charge on any atom is -0.318 e. The zero-order valence-electron chi connectivity index (χ0n) is 17.2. The van der Waals surface area contributed by atoms with E-state index in [0.717, 1.165) is 28.2 Å². The lowest BCUT2D eigenvalue weighted by molar-refractivity contribution is -0.114. The van der Waals surface area contributed by atoms with Crippen molar-refractivity contribution < 1.29 is 9.18 Å². The fourth-order valence-electron chi connectivity index (χ4n) is 3.67. The number of nitrogens with one attached hydrogen (secondary N) is 1. The first-order chi connectivity index (χ1) is 15.4. The second kappa shape index (κ2) is 7.69. The molecule has 1 aromatic carbocycles. The number of pyridine rings is 1. The number of fused-ring (bicyclic) bond motifs is 1. The molecule has 0 bridgehead atoms. The van der Waals surface area contributed by atoms with Crippen LogP contribution < -0.4 is 0 Å². The van der Waals surface area contributed by atoms with E-state index in [2.05, 4.69) is 15.1 Å². The first-order valence-corrected chi connectivity index (χ1v) is 10.6. The summed E-state index contributed by atoms with van der Waals surface area (Å²) in [7, 11) is 0. The number of aliphatic imine (C=N–C) groups is 1. The highest BCUT2D eigenvalue weighted by Crippen LogP contribution is 2.31. The Balaban J connectivity index is 1.51. The molecule has 5 rings (SSSR count). The number of hydrogen-bond donors (Lipinski definition) is 1. The zero-order valence-corrected chi connectivity index (χ0v) is 18.0. The van der Waals surface area contributed by atoms with E-state index in [-0.39, 0.29) is 17.2 Å². The summed E-state index contributed by atoms with van der Waals surface area (Å²) < 4.78 is 15.3. The molecule has 2 aliphatic heterocycles. The number of hydrazone groups is 1. The van der Waals surface area contributed by atoms with E-state index in [0.29, 0.717) is 10.2 Å². The zero-order chi connectivity index (χ0) is 22.4. The van der Waals surface area contributed by atoms with Crippen molar-refractivity contribution in [2.24, 2.45) is 10.1 Å². The molecule has 1 amide bonds. The molecule has 0 spiro atoms. The molecule has 3 aromatic rings. The molecular formula is C23H17FN6OS. The van der Waals surface area contributed by atoms with E-state index in [1.54, 1.807) is 36.7 Å². The molecule has 158 valence electrons. The average Bonchev–Trinajstić information content (AvgIpc) is 3.33. The molecule has 0 aliphatic carbocycles. The van der Waals surface area contributed by atoms with Crippen LogP contribution in [0.15, 0.2) is 70.5 Å². The van der Waals surface area contributed by atoms with Gasteiger partial charge in [-0.2, -0.15) is 15.1 Å². The number of rotatable bonds is 3. The second-order valence-electron chi connectivity index (χ2n) is 7.31. The number of hydrogen-bond acceptors (Lipinski definition) is 5. The van der Waals surface area contributed by atoms with Gasteiger partial charge >= 0.3 is 0 Å². The first-order valence-electron chi connectivity index (χ1n) is 9.78. The fourth-order valence-corrected chi connectivity index (χ4v) is 4.56. The Morgan fingerprint density at radius 3 is 2.66 bits per heavy atom. The Hall–Kier alpha value is -3.85. The molecule has 32 heavy (non-hydrogen) atoms. The predicted molar refractivity (Wildman–Crippen MR) is 124 cm³/mol. The molecule has 0 radical (unpaired) electrons. The van der Waals surface area contributed by atoms with Crippen LogP contribution in [-0.4, -0.2) is 36.5 Å². The van der Waals surface area contributed by atoms with Gasteiger partial charge in [0.25, 0.3) is 5.91 Å². The SMILES string of the molecule is Cc1cc(/C=C2\C(=N)N3N=C(c4cccnc4)SC3=NC2=O)c(C)n1-c1ccc(F)cc1. The monoisotopic (exact) mass is 444 g/mol. The number of nitrogens with zero attached hydrogens (tertiary/aromatic N) is 5. The normalized spacial score (nSPS) is 17.0. The molecule has 2 aliphatic rings. The smallest absolute Gasteiger partial charge is 0.283 e. The summed E-state index contributed by atoms with van der Waals surface area (Å²) in [5, 5.41) is 15.4. The van der Waals surface area contributed by atoms with Crippen LogP contribution >= 0.6 is 11.8 Å². The highest BCUT2D eigenvalue weighted by molar-refractivity contribution is 8.27. The van der Waals surface area contributed by atoms with Gasteiger partial charge in [-0.25, -0.2) is 4.39 Å². The molecular weight excluding hydrogens is 427 g/mol. The Morgan fingerprint density at radius 1 is 1.16 bits per heavy atom. The minimum absolute atomic E-state index is 0.0297. The quantitative estimate of drug-likeness (QED) is 0.611. The van der Waals surface area contributed by atoms with Crippen LogP contribution in [0.1, 0.15) is 22.5 Å². The molecule has 0 saturated carbocycles. The topological polar surface area (TPSA) is 86.7 Å². The van der Waals surface area contributed by atoms with Gasteiger partial charge in [0.05, 0.1) is 5.57 Å². The third-order valence-corrected chi connectivity index (χ3v) is 6.18. The van der Waals surface area contributed by atoms with Gasteiger partial charge in [0.1, 0.15) is 10.9 Å². The number of halogens is 1. The minimum atomic E-state index is -0.483. The summed E-state index contributed by atoms with van der Waals surface area (Å²) in [6.45, 7) is 3.85. The summed E-state index contributed by atoms with van der Waals surface area (Å²) in [5.41, 5.74) is 4.34. The van der Waals surface area contributed by atoms with Gasteiger partial charge in [-0.1, -0.05) is 0 Å². The summed E-state index contributed by atoms with van der Waals surface area (Å²) in [6, 6.07) is 11.8. The van der Waals surface area contributed by atoms with Crippen LogP contribution in [0.4, 0.5) is 4.39 Å². The van der Waals surface area contributed by atoms with E-state index in [1.165, 1.54) is 28.9 Å². The Bertz CT molecular complexity index is 1360. The molecule has 0 fully saturated rings. The molecule has 2 aromatic heterocycles. The number of amides is 1. The van der Waals surface area contributed by atoms with E-state index in [1.807, 2.05) is 30.5 Å². The van der Waals surface area contributed by atoms with Gasteiger partial charge in [0, 0.05) is 35.0 Å². The van der Waals surface area contributed by atoms with Crippen LogP contribution in [0.3, 0.4) is 0 Å². The summed E-state index contributed by atoms with van der Waals surface area (Å²) >= 11 is 1.23. The van der Waals surface area contributed by atoms with Crippen molar-refractivity contribution in [1.82, 2.24) is 14.6 Å². The molecule has 0 atom stereocenters. The summed E-state index contributed by atoms with van der Waals surface area (Å²) in [6.07, 6.45) is 5.01. The fraction of sp³-hybridized carbons (Fsp3) is 0.0870. The van der Waals surface area contributed by atoms with Crippen molar-refractivity contribution >= 4 is 39.8 Å². The van der Waals surface area contributed by atoms with Gasteiger partial charge in [-0.05, 0) is 79.7 Å². The van der Waals surface area contributed by atoms with Gasteiger partial charge in [-0.15, -0.1) is 0 Å². The third kappa shape index (κ3) is 3.36. The lowest BCUT2D eigenvalue weighted by Crippen LogP contribution is -2.35. The van der Waals surface area contributed by atoms with Crippen molar-refractivity contribution in [2.45, 2.75) is 13.8 Å². The summed E-state index contributed by atoms with van der Waals surface area (Å²) in [4.78, 5) is 21.0. The number of amidine groups is 2. The van der Waals surface area contributed by atoms with E-state index in [4.69, 9.17) is 5.41 Å². The summed E-state index contributed by atoms with van der Waals surface area (Å²) in [5.74, 6) is -0.816. The number of benzene rings is 1. The van der Waals surface area contributed by atoms with E-state index in [9.17, 15) is 9.18 Å². The van der Waals surface area contributed by atoms with Crippen LogP contribution in [-0.2, 0) is 4.79 Å². The van der Waals surface area contributed by atoms with E-state index >= 15 is 0 Å². The molecule has 0 unspecified atom stereocenters. The highest BCUT2D eigenvalue weighted by Gasteiger charge is 2.36.